The van der Waals surface area contributed by atoms with Gasteiger partial charge in [0, 0.05) is 18.7 Å². The first kappa shape index (κ1) is 9.25. The first-order valence-electron chi connectivity index (χ1n) is 5.09. The minimum Gasteiger partial charge on any atom is -0.335 e. The zero-order chi connectivity index (χ0) is 10.1. The number of carbonyl (C=O) groups excluding carboxylic acids is 1. The van der Waals surface area contributed by atoms with E-state index < -0.39 is 0 Å². The second kappa shape index (κ2) is 3.45. The summed E-state index contributed by atoms with van der Waals surface area (Å²) < 4.78 is 0. The molecule has 1 heterocycles. The summed E-state index contributed by atoms with van der Waals surface area (Å²) in [6, 6.07) is 0. The largest absolute Gasteiger partial charge is 0.335 e. The number of hydrogen-bond donors (Lipinski definition) is 0. The Balaban J connectivity index is 2.38. The van der Waals surface area contributed by atoms with Crippen LogP contribution < -0.4 is 0 Å². The van der Waals surface area contributed by atoms with E-state index in [1.54, 1.807) is 0 Å². The lowest BCUT2D eigenvalue weighted by Gasteiger charge is -2.10. The van der Waals surface area contributed by atoms with Crippen LogP contribution in [0.15, 0.2) is 34.9 Å². The van der Waals surface area contributed by atoms with Crippen molar-refractivity contribution in [2.24, 2.45) is 0 Å². The van der Waals surface area contributed by atoms with Crippen LogP contribution in [0.2, 0.25) is 0 Å². The SMILES string of the molecule is CCN1CC2=CCC=C(C)C=C2C1=O. The molecule has 0 spiro atoms. The van der Waals surface area contributed by atoms with Gasteiger partial charge in [-0.05, 0) is 31.9 Å². The van der Waals surface area contributed by atoms with Crippen LogP contribution in [0.4, 0.5) is 0 Å². The molecule has 1 aliphatic heterocycles. The lowest BCUT2D eigenvalue weighted by Crippen LogP contribution is -2.24. The number of fused-ring (bicyclic) bond motifs is 1. The Morgan fingerprint density at radius 2 is 2.21 bits per heavy atom. The van der Waals surface area contributed by atoms with Gasteiger partial charge in [0.15, 0.2) is 0 Å². The summed E-state index contributed by atoms with van der Waals surface area (Å²) in [5, 5.41) is 0. The van der Waals surface area contributed by atoms with Crippen molar-refractivity contribution < 1.29 is 4.79 Å². The highest BCUT2D eigenvalue weighted by atomic mass is 16.2. The molecule has 2 heteroatoms. The predicted octanol–water partition coefficient (Wildman–Crippen LogP) is 2.05. The summed E-state index contributed by atoms with van der Waals surface area (Å²) >= 11 is 0. The van der Waals surface area contributed by atoms with Crippen molar-refractivity contribution in [3.05, 3.63) is 34.9 Å². The maximum atomic E-state index is 11.9. The predicted molar refractivity (Wildman–Crippen MR) is 56.8 cm³/mol. The molecule has 0 unspecified atom stereocenters. The van der Waals surface area contributed by atoms with Gasteiger partial charge >= 0.3 is 0 Å². The molecular weight excluding hydrogens is 174 g/mol. The van der Waals surface area contributed by atoms with Crippen molar-refractivity contribution in [3.63, 3.8) is 0 Å². The Morgan fingerprint density at radius 3 is 2.93 bits per heavy atom. The average molecular weight is 189 g/mol. The molecule has 2 aliphatic rings. The van der Waals surface area contributed by atoms with Crippen LogP contribution in [-0.4, -0.2) is 23.9 Å². The molecule has 0 radical (unpaired) electrons. The van der Waals surface area contributed by atoms with Crippen molar-refractivity contribution in [2.75, 3.05) is 13.1 Å². The molecule has 2 nitrogen and oxygen atoms in total. The lowest BCUT2D eigenvalue weighted by molar-refractivity contribution is -0.124. The summed E-state index contributed by atoms with van der Waals surface area (Å²) in [4.78, 5) is 13.7. The van der Waals surface area contributed by atoms with Crippen LogP contribution in [0.3, 0.4) is 0 Å². The summed E-state index contributed by atoms with van der Waals surface area (Å²) in [6.45, 7) is 5.66. The molecule has 1 saturated heterocycles. The third kappa shape index (κ3) is 1.41. The maximum absolute atomic E-state index is 11.9. The molecule has 1 amide bonds. The van der Waals surface area contributed by atoms with Crippen LogP contribution in [0, 0.1) is 0 Å². The summed E-state index contributed by atoms with van der Waals surface area (Å²) in [6.07, 6.45) is 7.28. The quantitative estimate of drug-likeness (QED) is 0.618. The summed E-state index contributed by atoms with van der Waals surface area (Å²) in [7, 11) is 0. The molecule has 0 N–H and O–H groups in total. The van der Waals surface area contributed by atoms with Gasteiger partial charge in [0.25, 0.3) is 5.91 Å². The lowest BCUT2D eigenvalue weighted by atomic mass is 10.1. The monoisotopic (exact) mass is 189 g/mol. The number of likely N-dealkylation sites (N-methyl/N-ethyl adjacent to an activating group) is 1. The molecule has 0 bridgehead atoms. The smallest absolute Gasteiger partial charge is 0.254 e. The molecule has 0 atom stereocenters. The van der Waals surface area contributed by atoms with Crippen molar-refractivity contribution in [1.29, 1.82) is 0 Å². The second-order valence-electron chi connectivity index (χ2n) is 3.79. The minimum atomic E-state index is 0.188. The number of rotatable bonds is 1. The fourth-order valence-corrected chi connectivity index (χ4v) is 1.93. The van der Waals surface area contributed by atoms with Gasteiger partial charge in [0.1, 0.15) is 0 Å². The Kier molecular flexibility index (Phi) is 2.28. The van der Waals surface area contributed by atoms with Crippen molar-refractivity contribution in [2.45, 2.75) is 20.3 Å². The first-order valence-corrected chi connectivity index (χ1v) is 5.09. The van der Waals surface area contributed by atoms with Gasteiger partial charge in [0.05, 0.1) is 0 Å². The first-order chi connectivity index (χ1) is 6.72. The number of amides is 1. The van der Waals surface area contributed by atoms with Gasteiger partial charge in [-0.2, -0.15) is 0 Å². The highest BCUT2D eigenvalue weighted by Gasteiger charge is 2.29. The molecule has 14 heavy (non-hydrogen) atoms. The molecule has 0 saturated carbocycles. The van der Waals surface area contributed by atoms with E-state index in [1.807, 2.05) is 24.8 Å². The number of carbonyl (C=O) groups is 1. The van der Waals surface area contributed by atoms with E-state index in [4.69, 9.17) is 0 Å². The number of likely N-dealkylation sites (tertiary alicyclic amines) is 1. The Morgan fingerprint density at radius 1 is 1.43 bits per heavy atom. The van der Waals surface area contributed by atoms with Crippen molar-refractivity contribution in [3.8, 4) is 0 Å². The molecule has 1 aliphatic carbocycles. The number of hydrogen-bond acceptors (Lipinski definition) is 1. The molecule has 1 fully saturated rings. The Bertz CT molecular complexity index is 361. The van der Waals surface area contributed by atoms with E-state index in [-0.39, 0.29) is 5.91 Å². The standard InChI is InChI=1S/C12H15NO/c1-3-13-8-10-6-4-5-9(2)7-11(10)12(13)14/h5-7H,3-4,8H2,1-2H3. The van der Waals surface area contributed by atoms with E-state index >= 15 is 0 Å². The van der Waals surface area contributed by atoms with Crippen molar-refractivity contribution in [1.82, 2.24) is 4.90 Å². The van der Waals surface area contributed by atoms with Gasteiger partial charge in [-0.25, -0.2) is 0 Å². The molecule has 2 rings (SSSR count). The second-order valence-corrected chi connectivity index (χ2v) is 3.79. The van der Waals surface area contributed by atoms with E-state index in [1.165, 1.54) is 11.1 Å². The fraction of sp³-hybridized carbons (Fsp3) is 0.417. The molecule has 74 valence electrons. The van der Waals surface area contributed by atoms with Gasteiger partial charge < -0.3 is 4.90 Å². The van der Waals surface area contributed by atoms with Crippen LogP contribution in [-0.2, 0) is 4.79 Å². The van der Waals surface area contributed by atoms with Crippen LogP contribution in [0.25, 0.3) is 0 Å². The Hall–Kier alpha value is -1.31. The average Bonchev–Trinajstić information content (AvgIpc) is 2.35. The van der Waals surface area contributed by atoms with E-state index in [0.29, 0.717) is 0 Å². The minimum absolute atomic E-state index is 0.188. The van der Waals surface area contributed by atoms with E-state index in [9.17, 15) is 4.79 Å². The van der Waals surface area contributed by atoms with Gasteiger partial charge in [-0.15, -0.1) is 0 Å². The van der Waals surface area contributed by atoms with Gasteiger partial charge in [-0.1, -0.05) is 17.7 Å². The molecule has 0 aromatic rings. The third-order valence-electron chi connectivity index (χ3n) is 2.78. The highest BCUT2D eigenvalue weighted by molar-refractivity contribution is 6.01. The van der Waals surface area contributed by atoms with E-state index in [0.717, 1.165) is 25.1 Å². The molecule has 0 aromatic carbocycles. The molecule has 0 aromatic heterocycles. The van der Waals surface area contributed by atoms with Crippen LogP contribution in [0.1, 0.15) is 20.3 Å². The zero-order valence-corrected chi connectivity index (χ0v) is 8.71. The Labute approximate surface area is 84.6 Å². The number of allylic oxidation sites excluding steroid dienone is 4. The van der Waals surface area contributed by atoms with Gasteiger partial charge in [0.2, 0.25) is 0 Å². The van der Waals surface area contributed by atoms with E-state index in [2.05, 4.69) is 12.2 Å². The fourth-order valence-electron chi connectivity index (χ4n) is 1.93. The van der Waals surface area contributed by atoms with Crippen LogP contribution >= 0.6 is 0 Å². The van der Waals surface area contributed by atoms with Crippen LogP contribution in [0.5, 0.6) is 0 Å². The molecular formula is C12H15NO. The maximum Gasteiger partial charge on any atom is 0.254 e. The highest BCUT2D eigenvalue weighted by Crippen LogP contribution is 2.27. The zero-order valence-electron chi connectivity index (χ0n) is 8.71. The van der Waals surface area contributed by atoms with Gasteiger partial charge in [-0.3, -0.25) is 4.79 Å². The summed E-state index contributed by atoms with van der Waals surface area (Å²) in [5.74, 6) is 0.188. The normalized spacial score (nSPS) is 21.1. The third-order valence-corrected chi connectivity index (χ3v) is 2.78. The summed E-state index contributed by atoms with van der Waals surface area (Å²) in [5.41, 5.74) is 3.29. The van der Waals surface area contributed by atoms with Crippen molar-refractivity contribution >= 4 is 5.91 Å². The topological polar surface area (TPSA) is 20.3 Å². The number of nitrogens with zero attached hydrogens (tertiary/aromatic N) is 1.